The molecule has 0 saturated heterocycles. The summed E-state index contributed by atoms with van der Waals surface area (Å²) in [5.41, 5.74) is -0.564. The first-order chi connectivity index (χ1) is 15.6. The molecule has 0 fully saturated rings. The Balaban J connectivity index is 2.42. The minimum Gasteiger partial charge on any atom is -0.496 e. The molecule has 0 unspecified atom stereocenters. The van der Waals surface area contributed by atoms with E-state index in [1.54, 1.807) is 25.5 Å². The zero-order chi connectivity index (χ0) is 24.6. The van der Waals surface area contributed by atoms with Crippen LogP contribution >= 0.6 is 0 Å². The molecular formula is C25H35N3O5. The molecule has 1 aromatic heterocycles. The number of methoxy groups -OCH3 is 1. The molecule has 0 radical (unpaired) electrons. The smallest absolute Gasteiger partial charge is 0.256 e. The minimum absolute atomic E-state index is 0.0947. The van der Waals surface area contributed by atoms with Crippen molar-refractivity contribution in [2.24, 2.45) is 11.3 Å². The molecule has 0 bridgehead atoms. The van der Waals surface area contributed by atoms with E-state index in [4.69, 9.17) is 4.74 Å². The lowest BCUT2D eigenvalue weighted by molar-refractivity contribution is 0.0909. The van der Waals surface area contributed by atoms with Crippen molar-refractivity contribution < 1.29 is 19.4 Å². The van der Waals surface area contributed by atoms with Gasteiger partial charge in [-0.1, -0.05) is 45.9 Å². The maximum atomic E-state index is 13.1. The highest BCUT2D eigenvalue weighted by atomic mass is 16.5. The SMILES string of the molecule is COc1ccccc1Cn1cc(C(=O)NCCC(C)C)c(=O)c(C(=O)NCC(C)(C)CO)c1. The van der Waals surface area contributed by atoms with E-state index in [2.05, 4.69) is 10.6 Å². The van der Waals surface area contributed by atoms with E-state index in [0.717, 1.165) is 12.0 Å². The van der Waals surface area contributed by atoms with Gasteiger partial charge >= 0.3 is 0 Å². The fraction of sp³-hybridized carbons (Fsp3) is 0.480. The molecule has 0 spiro atoms. The summed E-state index contributed by atoms with van der Waals surface area (Å²) in [7, 11) is 1.57. The van der Waals surface area contributed by atoms with E-state index in [1.165, 1.54) is 12.4 Å². The van der Waals surface area contributed by atoms with Crippen LogP contribution in [0.5, 0.6) is 5.75 Å². The van der Waals surface area contributed by atoms with Crippen LogP contribution < -0.4 is 20.8 Å². The van der Waals surface area contributed by atoms with Gasteiger partial charge in [-0.25, -0.2) is 0 Å². The summed E-state index contributed by atoms with van der Waals surface area (Å²) in [5, 5.41) is 14.9. The Hall–Kier alpha value is -3.13. The molecule has 3 N–H and O–H groups in total. The number of aromatic nitrogens is 1. The maximum absolute atomic E-state index is 13.1. The molecule has 0 atom stereocenters. The predicted molar refractivity (Wildman–Crippen MR) is 128 cm³/mol. The monoisotopic (exact) mass is 457 g/mol. The summed E-state index contributed by atoms with van der Waals surface area (Å²) < 4.78 is 7.04. The topological polar surface area (TPSA) is 110 Å². The second-order valence-electron chi connectivity index (χ2n) is 9.34. The first-order valence-electron chi connectivity index (χ1n) is 11.1. The van der Waals surface area contributed by atoms with Crippen LogP contribution in [0, 0.1) is 11.3 Å². The van der Waals surface area contributed by atoms with Crippen molar-refractivity contribution in [2.45, 2.75) is 40.7 Å². The second-order valence-corrected chi connectivity index (χ2v) is 9.34. The zero-order valence-corrected chi connectivity index (χ0v) is 20.1. The Morgan fingerprint density at radius 1 is 1.09 bits per heavy atom. The lowest BCUT2D eigenvalue weighted by Gasteiger charge is -2.22. The van der Waals surface area contributed by atoms with Crippen LogP contribution in [0.15, 0.2) is 41.5 Å². The highest BCUT2D eigenvalue weighted by Crippen LogP contribution is 2.19. The summed E-state index contributed by atoms with van der Waals surface area (Å²) in [4.78, 5) is 38.7. The van der Waals surface area contributed by atoms with Crippen LogP contribution in [-0.2, 0) is 6.54 Å². The van der Waals surface area contributed by atoms with Crippen molar-refractivity contribution in [3.63, 3.8) is 0 Å². The number of nitrogens with one attached hydrogen (secondary N) is 2. The van der Waals surface area contributed by atoms with Crippen molar-refractivity contribution in [3.8, 4) is 5.75 Å². The Kier molecular flexibility index (Phi) is 9.22. The van der Waals surface area contributed by atoms with Gasteiger partial charge in [0.15, 0.2) is 0 Å². The number of aliphatic hydroxyl groups excluding tert-OH is 1. The van der Waals surface area contributed by atoms with Gasteiger partial charge in [-0.05, 0) is 18.4 Å². The van der Waals surface area contributed by atoms with Gasteiger partial charge in [0.05, 0.1) is 13.7 Å². The number of hydrogen-bond acceptors (Lipinski definition) is 5. The average molecular weight is 458 g/mol. The van der Waals surface area contributed by atoms with E-state index in [9.17, 15) is 19.5 Å². The van der Waals surface area contributed by atoms with E-state index in [-0.39, 0.29) is 24.3 Å². The zero-order valence-electron chi connectivity index (χ0n) is 20.1. The van der Waals surface area contributed by atoms with E-state index in [1.807, 2.05) is 38.1 Å². The number of carbonyl (C=O) groups is 2. The van der Waals surface area contributed by atoms with Crippen molar-refractivity contribution in [2.75, 3.05) is 26.8 Å². The second kappa shape index (κ2) is 11.7. The molecule has 8 nitrogen and oxygen atoms in total. The summed E-state index contributed by atoms with van der Waals surface area (Å²) in [5.74, 6) is -0.0405. The predicted octanol–water partition coefficient (Wildman–Crippen LogP) is 2.43. The van der Waals surface area contributed by atoms with E-state index in [0.29, 0.717) is 24.8 Å². The number of ether oxygens (including phenoxy) is 1. The number of pyridine rings is 1. The quantitative estimate of drug-likeness (QED) is 0.480. The first kappa shape index (κ1) is 26.1. The summed E-state index contributed by atoms with van der Waals surface area (Å²) in [6, 6.07) is 7.42. The molecule has 0 aliphatic heterocycles. The summed E-state index contributed by atoms with van der Waals surface area (Å²) in [6.45, 7) is 8.49. The van der Waals surface area contributed by atoms with Crippen molar-refractivity contribution >= 4 is 11.8 Å². The van der Waals surface area contributed by atoms with Crippen molar-refractivity contribution in [1.29, 1.82) is 0 Å². The Labute approximate surface area is 195 Å². The number of carbonyl (C=O) groups excluding carboxylic acids is 2. The number of rotatable bonds is 11. The van der Waals surface area contributed by atoms with Crippen LogP contribution in [0.2, 0.25) is 0 Å². The first-order valence-corrected chi connectivity index (χ1v) is 11.1. The molecule has 0 aliphatic carbocycles. The van der Waals surface area contributed by atoms with Gasteiger partial charge in [-0.2, -0.15) is 0 Å². The largest absolute Gasteiger partial charge is 0.496 e. The number of nitrogens with zero attached hydrogens (tertiary/aromatic N) is 1. The molecule has 0 aliphatic rings. The molecule has 0 saturated carbocycles. The molecule has 1 heterocycles. The van der Waals surface area contributed by atoms with E-state index < -0.39 is 22.7 Å². The fourth-order valence-corrected chi connectivity index (χ4v) is 3.12. The number of aliphatic hydroxyl groups is 1. The van der Waals surface area contributed by atoms with Crippen LogP contribution in [0.25, 0.3) is 0 Å². The number of para-hydroxylation sites is 1. The molecule has 1 aromatic carbocycles. The maximum Gasteiger partial charge on any atom is 0.256 e. The van der Waals surface area contributed by atoms with Gasteiger partial charge in [0.1, 0.15) is 16.9 Å². The van der Waals surface area contributed by atoms with Gasteiger partial charge < -0.3 is 25.0 Å². The van der Waals surface area contributed by atoms with Crippen LogP contribution in [0.1, 0.15) is 60.4 Å². The summed E-state index contributed by atoms with van der Waals surface area (Å²) in [6.07, 6.45) is 3.69. The third-order valence-electron chi connectivity index (χ3n) is 5.28. The highest BCUT2D eigenvalue weighted by molar-refractivity contribution is 5.99. The standard InChI is InChI=1S/C25H35N3O5/c1-17(2)10-11-26-23(31)19-13-28(12-18-8-6-7-9-21(18)33-5)14-20(22(19)30)24(32)27-15-25(3,4)16-29/h6-9,13-14,17,29H,10-12,15-16H2,1-5H3,(H,26,31)(H,27,32). The lowest BCUT2D eigenvalue weighted by Crippen LogP contribution is -2.40. The van der Waals surface area contributed by atoms with Crippen LogP contribution in [0.3, 0.4) is 0 Å². The van der Waals surface area contributed by atoms with E-state index >= 15 is 0 Å². The minimum atomic E-state index is -0.632. The Morgan fingerprint density at radius 3 is 2.27 bits per heavy atom. The van der Waals surface area contributed by atoms with Gasteiger partial charge in [-0.15, -0.1) is 0 Å². The van der Waals surface area contributed by atoms with Gasteiger partial charge in [0.2, 0.25) is 5.43 Å². The number of benzene rings is 1. The normalized spacial score (nSPS) is 11.4. The van der Waals surface area contributed by atoms with Crippen LogP contribution in [-0.4, -0.2) is 48.3 Å². The van der Waals surface area contributed by atoms with Crippen LogP contribution in [0.4, 0.5) is 0 Å². The number of hydrogen-bond donors (Lipinski definition) is 3. The van der Waals surface area contributed by atoms with Crippen molar-refractivity contribution in [3.05, 3.63) is 63.6 Å². The molecule has 2 amide bonds. The molecule has 2 rings (SSSR count). The van der Waals surface area contributed by atoms with Gasteiger partial charge in [-0.3, -0.25) is 14.4 Å². The lowest BCUT2D eigenvalue weighted by atomic mass is 9.95. The third kappa shape index (κ3) is 7.46. The Morgan fingerprint density at radius 2 is 1.70 bits per heavy atom. The third-order valence-corrected chi connectivity index (χ3v) is 5.28. The van der Waals surface area contributed by atoms with Gasteiger partial charge in [0, 0.05) is 43.1 Å². The van der Waals surface area contributed by atoms with Crippen molar-refractivity contribution in [1.82, 2.24) is 15.2 Å². The molecule has 8 heteroatoms. The Bertz CT molecular complexity index is 1030. The summed E-state index contributed by atoms with van der Waals surface area (Å²) >= 11 is 0. The molecule has 33 heavy (non-hydrogen) atoms. The molecule has 2 aromatic rings. The van der Waals surface area contributed by atoms with Gasteiger partial charge in [0.25, 0.3) is 11.8 Å². The molecule has 180 valence electrons. The molecular weight excluding hydrogens is 422 g/mol. The highest BCUT2D eigenvalue weighted by Gasteiger charge is 2.22. The average Bonchev–Trinajstić information content (AvgIpc) is 2.78. The number of amides is 2. The fourth-order valence-electron chi connectivity index (χ4n) is 3.12.